The summed E-state index contributed by atoms with van der Waals surface area (Å²) in [4.78, 5) is 1.78. The Morgan fingerprint density at radius 2 is 1.90 bits per heavy atom. The van der Waals surface area contributed by atoms with Crippen LogP contribution < -0.4 is 10.5 Å². The molecule has 0 aromatic heterocycles. The summed E-state index contributed by atoms with van der Waals surface area (Å²) < 4.78 is 25.7. The first-order valence-electron chi connectivity index (χ1n) is 5.69. The Hall–Kier alpha value is -1.21. The highest BCUT2D eigenvalue weighted by atomic mass is 35.5. The van der Waals surface area contributed by atoms with Gasteiger partial charge >= 0.3 is 0 Å². The van der Waals surface area contributed by atoms with Crippen molar-refractivity contribution in [2.24, 2.45) is 0 Å². The van der Waals surface area contributed by atoms with Crippen molar-refractivity contribution < 1.29 is 8.42 Å². The number of nitrogens with two attached hydrogens (primary N) is 1. The number of sulfonamides is 1. The summed E-state index contributed by atoms with van der Waals surface area (Å²) in [5, 5.41) is 0.642. The Morgan fingerprint density at radius 3 is 2.50 bits per heavy atom. The number of hydrogen-bond donors (Lipinski definition) is 2. The smallest absolute Gasteiger partial charge is 0.242 e. The fourth-order valence-electron chi connectivity index (χ4n) is 1.60. The van der Waals surface area contributed by atoms with Gasteiger partial charge in [0.25, 0.3) is 0 Å². The summed E-state index contributed by atoms with van der Waals surface area (Å²) in [6.07, 6.45) is 0. The van der Waals surface area contributed by atoms with Crippen LogP contribution >= 0.6 is 23.4 Å². The van der Waals surface area contributed by atoms with E-state index in [1.807, 2.05) is 18.2 Å². The fourth-order valence-corrected chi connectivity index (χ4v) is 3.58. The van der Waals surface area contributed by atoms with Gasteiger partial charge in [0.1, 0.15) is 4.90 Å². The van der Waals surface area contributed by atoms with Gasteiger partial charge in [0.05, 0.1) is 10.7 Å². The molecule has 4 nitrogen and oxygen atoms in total. The van der Waals surface area contributed by atoms with E-state index in [0.717, 1.165) is 9.79 Å². The number of benzene rings is 2. The Morgan fingerprint density at radius 1 is 1.20 bits per heavy atom. The van der Waals surface area contributed by atoms with Gasteiger partial charge in [-0.05, 0) is 37.4 Å². The summed E-state index contributed by atoms with van der Waals surface area (Å²) in [6.45, 7) is 0. The van der Waals surface area contributed by atoms with Crippen LogP contribution in [-0.4, -0.2) is 15.5 Å². The van der Waals surface area contributed by atoms with Crippen LogP contribution in [0, 0.1) is 0 Å². The van der Waals surface area contributed by atoms with Gasteiger partial charge in [0.15, 0.2) is 0 Å². The first-order chi connectivity index (χ1) is 9.44. The molecule has 0 saturated heterocycles. The zero-order valence-electron chi connectivity index (χ0n) is 10.6. The van der Waals surface area contributed by atoms with Crippen LogP contribution in [0.1, 0.15) is 0 Å². The monoisotopic (exact) mass is 328 g/mol. The second-order valence-electron chi connectivity index (χ2n) is 3.94. The van der Waals surface area contributed by atoms with E-state index in [1.165, 1.54) is 24.9 Å². The minimum absolute atomic E-state index is 0.0727. The van der Waals surface area contributed by atoms with Crippen LogP contribution in [0.2, 0.25) is 5.02 Å². The molecule has 0 heterocycles. The van der Waals surface area contributed by atoms with Crippen LogP contribution in [0.4, 0.5) is 5.69 Å². The number of nitrogen functional groups attached to an aromatic ring is 1. The lowest BCUT2D eigenvalue weighted by Crippen LogP contribution is -2.19. The minimum Gasteiger partial charge on any atom is -0.398 e. The maximum atomic E-state index is 11.7. The highest BCUT2D eigenvalue weighted by Gasteiger charge is 2.15. The molecule has 0 aliphatic carbocycles. The molecule has 7 heteroatoms. The van der Waals surface area contributed by atoms with Gasteiger partial charge in [0, 0.05) is 9.79 Å². The van der Waals surface area contributed by atoms with Gasteiger partial charge in [-0.1, -0.05) is 35.5 Å². The molecule has 2 aromatic rings. The van der Waals surface area contributed by atoms with Gasteiger partial charge in [-0.15, -0.1) is 0 Å². The normalized spacial score (nSPS) is 11.5. The van der Waals surface area contributed by atoms with Gasteiger partial charge in [-0.3, -0.25) is 0 Å². The summed E-state index contributed by atoms with van der Waals surface area (Å²) >= 11 is 7.51. The third kappa shape index (κ3) is 3.27. The van der Waals surface area contributed by atoms with Gasteiger partial charge < -0.3 is 5.73 Å². The maximum absolute atomic E-state index is 11.7. The topological polar surface area (TPSA) is 72.2 Å². The first-order valence-corrected chi connectivity index (χ1v) is 8.37. The summed E-state index contributed by atoms with van der Waals surface area (Å²) in [5.74, 6) is 0. The van der Waals surface area contributed by atoms with E-state index >= 15 is 0 Å². The van der Waals surface area contributed by atoms with E-state index in [0.29, 0.717) is 5.02 Å². The number of anilines is 1. The molecule has 0 saturated carbocycles. The Bertz CT molecular complexity index is 733. The van der Waals surface area contributed by atoms with Crippen molar-refractivity contribution in [3.63, 3.8) is 0 Å². The van der Waals surface area contributed by atoms with Crippen molar-refractivity contribution in [1.82, 2.24) is 4.72 Å². The highest BCUT2D eigenvalue weighted by Crippen LogP contribution is 2.35. The molecule has 0 bridgehead atoms. The Labute approximate surface area is 127 Å². The average Bonchev–Trinajstić information content (AvgIpc) is 2.41. The van der Waals surface area contributed by atoms with Crippen molar-refractivity contribution in [2.75, 3.05) is 12.8 Å². The predicted molar refractivity (Wildman–Crippen MR) is 82.7 cm³/mol. The van der Waals surface area contributed by atoms with Crippen LogP contribution in [0.5, 0.6) is 0 Å². The molecule has 0 unspecified atom stereocenters. The van der Waals surface area contributed by atoms with Crippen LogP contribution in [0.25, 0.3) is 0 Å². The second-order valence-corrected chi connectivity index (χ2v) is 7.32. The van der Waals surface area contributed by atoms with Crippen molar-refractivity contribution in [1.29, 1.82) is 0 Å². The Kier molecular flexibility index (Phi) is 4.59. The molecule has 0 aliphatic rings. The lowest BCUT2D eigenvalue weighted by Gasteiger charge is -2.09. The van der Waals surface area contributed by atoms with Crippen molar-refractivity contribution in [3.05, 3.63) is 47.5 Å². The molecular weight excluding hydrogens is 316 g/mol. The molecule has 0 aliphatic heterocycles. The van der Waals surface area contributed by atoms with E-state index in [9.17, 15) is 8.42 Å². The molecule has 20 heavy (non-hydrogen) atoms. The molecule has 2 rings (SSSR count). The zero-order valence-corrected chi connectivity index (χ0v) is 13.0. The van der Waals surface area contributed by atoms with Crippen molar-refractivity contribution >= 4 is 39.1 Å². The molecular formula is C13H13ClN2O2S2. The standard InChI is InChI=1S/C13H13ClN2O2S2/c1-16-20(17,18)13-7-6-9(8-11(13)15)19-12-5-3-2-4-10(12)14/h2-8,16H,15H2,1H3. The third-order valence-corrected chi connectivity index (χ3v) is 5.60. The third-order valence-electron chi connectivity index (χ3n) is 2.60. The largest absolute Gasteiger partial charge is 0.398 e. The zero-order chi connectivity index (χ0) is 14.8. The van der Waals surface area contributed by atoms with Crippen molar-refractivity contribution in [3.8, 4) is 0 Å². The number of halogens is 1. The molecule has 0 fully saturated rings. The molecule has 0 spiro atoms. The SMILES string of the molecule is CNS(=O)(=O)c1ccc(Sc2ccccc2Cl)cc1N. The molecule has 106 valence electrons. The van der Waals surface area contributed by atoms with E-state index in [2.05, 4.69) is 4.72 Å². The van der Waals surface area contributed by atoms with Crippen LogP contribution in [0.15, 0.2) is 57.2 Å². The molecule has 0 radical (unpaired) electrons. The summed E-state index contributed by atoms with van der Waals surface area (Å²) in [6, 6.07) is 12.2. The lowest BCUT2D eigenvalue weighted by molar-refractivity contribution is 0.588. The molecule has 3 N–H and O–H groups in total. The highest BCUT2D eigenvalue weighted by molar-refractivity contribution is 7.99. The quantitative estimate of drug-likeness (QED) is 0.846. The maximum Gasteiger partial charge on any atom is 0.242 e. The molecule has 2 aromatic carbocycles. The minimum atomic E-state index is -3.54. The van der Waals surface area contributed by atoms with E-state index in [-0.39, 0.29) is 10.6 Å². The second kappa shape index (κ2) is 6.05. The van der Waals surface area contributed by atoms with Crippen LogP contribution in [0.3, 0.4) is 0 Å². The Balaban J connectivity index is 2.33. The lowest BCUT2D eigenvalue weighted by atomic mass is 10.3. The van der Waals surface area contributed by atoms with E-state index < -0.39 is 10.0 Å². The van der Waals surface area contributed by atoms with Crippen molar-refractivity contribution in [2.45, 2.75) is 14.7 Å². The summed E-state index contributed by atoms with van der Waals surface area (Å²) in [5.41, 5.74) is 6.01. The van der Waals surface area contributed by atoms with E-state index in [1.54, 1.807) is 18.2 Å². The average molecular weight is 329 g/mol. The van der Waals surface area contributed by atoms with Crippen LogP contribution in [-0.2, 0) is 10.0 Å². The predicted octanol–water partition coefficient (Wildman–Crippen LogP) is 2.98. The first kappa shape index (κ1) is 15.2. The molecule has 0 amide bonds. The number of nitrogens with one attached hydrogen (secondary N) is 1. The number of rotatable bonds is 4. The fraction of sp³-hybridized carbons (Fsp3) is 0.0769. The summed E-state index contributed by atoms with van der Waals surface area (Å²) in [7, 11) is -2.19. The van der Waals surface area contributed by atoms with Gasteiger partial charge in [-0.25, -0.2) is 13.1 Å². The van der Waals surface area contributed by atoms with Gasteiger partial charge in [-0.2, -0.15) is 0 Å². The van der Waals surface area contributed by atoms with E-state index in [4.69, 9.17) is 17.3 Å². The molecule has 0 atom stereocenters. The number of hydrogen-bond acceptors (Lipinski definition) is 4. The van der Waals surface area contributed by atoms with Gasteiger partial charge in [0.2, 0.25) is 10.0 Å².